The molecule has 1 atom stereocenters. The van der Waals surface area contributed by atoms with Crippen LogP contribution in [-0.2, 0) is 11.2 Å². The second kappa shape index (κ2) is 6.91. The highest BCUT2D eigenvalue weighted by molar-refractivity contribution is 6.33. The standard InChI is InChI=1S/C14H14ClNO3/c1-3-19-14(18)12-7-10(4-5-16)6-11(8-12)13(17)9(2)15/h6-9H,3-4H2,1-2H3. The number of halogens is 1. The summed E-state index contributed by atoms with van der Waals surface area (Å²) in [4.78, 5) is 23.6. The van der Waals surface area contributed by atoms with Crippen LogP contribution in [0.25, 0.3) is 0 Å². The number of alkyl halides is 1. The van der Waals surface area contributed by atoms with Gasteiger partial charge in [0, 0.05) is 5.56 Å². The third-order valence-corrected chi connectivity index (χ3v) is 2.63. The summed E-state index contributed by atoms with van der Waals surface area (Å²) in [7, 11) is 0. The number of hydrogen-bond donors (Lipinski definition) is 0. The zero-order valence-electron chi connectivity index (χ0n) is 10.8. The number of ketones is 1. The monoisotopic (exact) mass is 279 g/mol. The maximum absolute atomic E-state index is 11.9. The van der Waals surface area contributed by atoms with Gasteiger partial charge < -0.3 is 4.74 Å². The molecule has 19 heavy (non-hydrogen) atoms. The molecule has 1 aromatic carbocycles. The van der Waals surface area contributed by atoms with Crippen LogP contribution in [-0.4, -0.2) is 23.7 Å². The molecule has 0 aliphatic heterocycles. The first kappa shape index (κ1) is 15.2. The number of benzene rings is 1. The average molecular weight is 280 g/mol. The minimum Gasteiger partial charge on any atom is -0.462 e. The van der Waals surface area contributed by atoms with Gasteiger partial charge in [-0.05, 0) is 37.6 Å². The molecule has 0 aromatic heterocycles. The van der Waals surface area contributed by atoms with Crippen molar-refractivity contribution in [3.63, 3.8) is 0 Å². The van der Waals surface area contributed by atoms with Crippen molar-refractivity contribution >= 4 is 23.4 Å². The first-order chi connectivity index (χ1) is 8.99. The number of carbonyl (C=O) groups is 2. The van der Waals surface area contributed by atoms with Crippen LogP contribution < -0.4 is 0 Å². The predicted octanol–water partition coefficient (Wildman–Crippen LogP) is 2.74. The van der Waals surface area contributed by atoms with Gasteiger partial charge in [0.05, 0.1) is 30.0 Å². The SMILES string of the molecule is CCOC(=O)c1cc(CC#N)cc(C(=O)C(C)Cl)c1. The van der Waals surface area contributed by atoms with E-state index in [0.29, 0.717) is 11.1 Å². The molecule has 0 radical (unpaired) electrons. The molecule has 0 amide bonds. The Hall–Kier alpha value is -1.86. The molecule has 0 aliphatic rings. The van der Waals surface area contributed by atoms with Crippen LogP contribution >= 0.6 is 11.6 Å². The van der Waals surface area contributed by atoms with Crippen molar-refractivity contribution in [1.82, 2.24) is 0 Å². The Bertz CT molecular complexity index is 532. The third kappa shape index (κ3) is 4.08. The third-order valence-electron chi connectivity index (χ3n) is 2.43. The van der Waals surface area contributed by atoms with E-state index in [1.807, 2.05) is 6.07 Å². The van der Waals surface area contributed by atoms with Gasteiger partial charge in [0.2, 0.25) is 0 Å². The molecule has 1 aromatic rings. The predicted molar refractivity (Wildman–Crippen MR) is 71.4 cm³/mol. The molecule has 4 nitrogen and oxygen atoms in total. The highest BCUT2D eigenvalue weighted by atomic mass is 35.5. The Morgan fingerprint density at radius 3 is 2.53 bits per heavy atom. The fourth-order valence-corrected chi connectivity index (χ4v) is 1.72. The Kier molecular flexibility index (Phi) is 5.53. The summed E-state index contributed by atoms with van der Waals surface area (Å²) in [5, 5.41) is 8.03. The van der Waals surface area contributed by atoms with Gasteiger partial charge in [-0.2, -0.15) is 5.26 Å². The van der Waals surface area contributed by atoms with Gasteiger partial charge in [-0.15, -0.1) is 11.6 Å². The number of nitrogens with zero attached hydrogens (tertiary/aromatic N) is 1. The van der Waals surface area contributed by atoms with E-state index in [-0.39, 0.29) is 24.4 Å². The number of nitriles is 1. The van der Waals surface area contributed by atoms with Crippen LogP contribution in [0, 0.1) is 11.3 Å². The smallest absolute Gasteiger partial charge is 0.338 e. The molecular weight excluding hydrogens is 266 g/mol. The topological polar surface area (TPSA) is 67.2 Å². The second-order valence-electron chi connectivity index (χ2n) is 3.95. The van der Waals surface area contributed by atoms with Gasteiger partial charge >= 0.3 is 5.97 Å². The lowest BCUT2D eigenvalue weighted by molar-refractivity contribution is 0.0526. The van der Waals surface area contributed by atoms with Crippen molar-refractivity contribution in [3.05, 3.63) is 34.9 Å². The van der Waals surface area contributed by atoms with Crippen LogP contribution in [0.15, 0.2) is 18.2 Å². The number of carbonyl (C=O) groups excluding carboxylic acids is 2. The maximum atomic E-state index is 11.9. The first-order valence-electron chi connectivity index (χ1n) is 5.86. The van der Waals surface area contributed by atoms with E-state index in [9.17, 15) is 9.59 Å². The van der Waals surface area contributed by atoms with Crippen LogP contribution in [0.2, 0.25) is 0 Å². The number of rotatable bonds is 5. The van der Waals surface area contributed by atoms with E-state index in [1.54, 1.807) is 26.0 Å². The fourth-order valence-electron chi connectivity index (χ4n) is 1.59. The molecule has 0 fully saturated rings. The van der Waals surface area contributed by atoms with Crippen molar-refractivity contribution in [1.29, 1.82) is 5.26 Å². The maximum Gasteiger partial charge on any atom is 0.338 e. The van der Waals surface area contributed by atoms with Gasteiger partial charge in [0.25, 0.3) is 0 Å². The van der Waals surface area contributed by atoms with E-state index in [0.717, 1.165) is 0 Å². The van der Waals surface area contributed by atoms with E-state index in [4.69, 9.17) is 21.6 Å². The van der Waals surface area contributed by atoms with E-state index >= 15 is 0 Å². The van der Waals surface area contributed by atoms with E-state index < -0.39 is 11.3 Å². The zero-order chi connectivity index (χ0) is 14.4. The van der Waals surface area contributed by atoms with Crippen molar-refractivity contribution in [3.8, 4) is 6.07 Å². The fraction of sp³-hybridized carbons (Fsp3) is 0.357. The van der Waals surface area contributed by atoms with E-state index in [1.165, 1.54) is 6.07 Å². The van der Waals surface area contributed by atoms with Crippen LogP contribution in [0.3, 0.4) is 0 Å². The highest BCUT2D eigenvalue weighted by Gasteiger charge is 2.17. The molecule has 5 heteroatoms. The lowest BCUT2D eigenvalue weighted by Gasteiger charge is -2.08. The summed E-state index contributed by atoms with van der Waals surface area (Å²) >= 11 is 5.75. The number of ether oxygens (including phenoxy) is 1. The Morgan fingerprint density at radius 1 is 1.37 bits per heavy atom. The number of hydrogen-bond acceptors (Lipinski definition) is 4. The molecule has 1 rings (SSSR count). The van der Waals surface area contributed by atoms with Crippen LogP contribution in [0.5, 0.6) is 0 Å². The van der Waals surface area contributed by atoms with Crippen molar-refractivity contribution in [2.75, 3.05) is 6.61 Å². The number of Topliss-reactive ketones (excluding diaryl/α,β-unsaturated/α-hetero) is 1. The van der Waals surface area contributed by atoms with Crippen LogP contribution in [0.4, 0.5) is 0 Å². The number of esters is 1. The Balaban J connectivity index is 3.22. The van der Waals surface area contributed by atoms with Gasteiger partial charge in [0.1, 0.15) is 0 Å². The molecule has 1 unspecified atom stereocenters. The largest absolute Gasteiger partial charge is 0.462 e. The highest BCUT2D eigenvalue weighted by Crippen LogP contribution is 2.16. The Morgan fingerprint density at radius 2 is 2.00 bits per heavy atom. The summed E-state index contributed by atoms with van der Waals surface area (Å²) < 4.78 is 4.89. The normalized spacial score (nSPS) is 11.5. The average Bonchev–Trinajstić information content (AvgIpc) is 2.38. The van der Waals surface area contributed by atoms with Crippen molar-refractivity contribution in [2.45, 2.75) is 25.6 Å². The minimum absolute atomic E-state index is 0.115. The lowest BCUT2D eigenvalue weighted by Crippen LogP contribution is -2.13. The van der Waals surface area contributed by atoms with Crippen molar-refractivity contribution in [2.24, 2.45) is 0 Å². The van der Waals surface area contributed by atoms with Gasteiger partial charge in [0.15, 0.2) is 5.78 Å². The van der Waals surface area contributed by atoms with Gasteiger partial charge in [-0.1, -0.05) is 0 Å². The molecule has 100 valence electrons. The summed E-state index contributed by atoms with van der Waals surface area (Å²) in [6.07, 6.45) is 0.115. The van der Waals surface area contributed by atoms with Gasteiger partial charge in [-0.25, -0.2) is 4.79 Å². The molecule has 0 heterocycles. The molecule has 0 spiro atoms. The second-order valence-corrected chi connectivity index (χ2v) is 4.61. The molecule has 0 N–H and O–H groups in total. The summed E-state index contributed by atoms with van der Waals surface area (Å²) in [5.74, 6) is -0.800. The molecular formula is C14H14ClNO3. The van der Waals surface area contributed by atoms with Gasteiger partial charge in [-0.3, -0.25) is 4.79 Å². The quantitative estimate of drug-likeness (QED) is 0.472. The van der Waals surface area contributed by atoms with Crippen molar-refractivity contribution < 1.29 is 14.3 Å². The molecule has 0 bridgehead atoms. The zero-order valence-corrected chi connectivity index (χ0v) is 11.5. The molecule has 0 saturated carbocycles. The minimum atomic E-state index is -0.688. The summed E-state index contributed by atoms with van der Waals surface area (Å²) in [5.41, 5.74) is 1.17. The summed E-state index contributed by atoms with van der Waals surface area (Å²) in [6.45, 7) is 3.51. The molecule has 0 saturated heterocycles. The molecule has 0 aliphatic carbocycles. The first-order valence-corrected chi connectivity index (χ1v) is 6.29. The summed E-state index contributed by atoms with van der Waals surface area (Å²) in [6, 6.07) is 6.55. The Labute approximate surface area is 116 Å². The van der Waals surface area contributed by atoms with E-state index in [2.05, 4.69) is 0 Å². The van der Waals surface area contributed by atoms with Crippen LogP contribution in [0.1, 0.15) is 40.1 Å². The lowest BCUT2D eigenvalue weighted by atomic mass is 10.00.